The Morgan fingerprint density at radius 3 is 2.61 bits per heavy atom. The van der Waals surface area contributed by atoms with Crippen LogP contribution in [0.1, 0.15) is 30.7 Å². The summed E-state index contributed by atoms with van der Waals surface area (Å²) in [7, 11) is 0. The number of halogens is 3. The van der Waals surface area contributed by atoms with Crippen molar-refractivity contribution in [2.75, 3.05) is 19.7 Å². The molecule has 1 fully saturated rings. The fourth-order valence-corrected chi connectivity index (χ4v) is 3.66. The molecule has 1 aliphatic heterocycles. The molecule has 1 heterocycles. The van der Waals surface area contributed by atoms with E-state index in [9.17, 15) is 14.0 Å². The van der Waals surface area contributed by atoms with Crippen LogP contribution in [0.15, 0.2) is 54.7 Å². The Kier molecular flexibility index (Phi) is 7.93. The minimum atomic E-state index is -0.622. The number of allylic oxidation sites excluding steroid dienone is 1. The number of ether oxygens (including phenoxy) is 1. The molecule has 1 N–H and O–H groups in total. The van der Waals surface area contributed by atoms with Gasteiger partial charge in [0.25, 0.3) is 5.91 Å². The molecule has 164 valence electrons. The Morgan fingerprint density at radius 2 is 1.90 bits per heavy atom. The van der Waals surface area contributed by atoms with E-state index in [4.69, 9.17) is 27.9 Å². The summed E-state index contributed by atoms with van der Waals surface area (Å²) >= 11 is 11.5. The van der Waals surface area contributed by atoms with E-state index in [-0.39, 0.29) is 29.7 Å². The molecule has 0 saturated carbocycles. The maximum absolute atomic E-state index is 13.4. The van der Waals surface area contributed by atoms with Gasteiger partial charge < -0.3 is 15.0 Å². The Labute approximate surface area is 190 Å². The minimum absolute atomic E-state index is 0.0210. The molecule has 8 heteroatoms. The first kappa shape index (κ1) is 23.1. The van der Waals surface area contributed by atoms with Crippen molar-refractivity contribution in [3.05, 3.63) is 76.2 Å². The van der Waals surface area contributed by atoms with E-state index in [1.807, 2.05) is 29.2 Å². The highest BCUT2D eigenvalue weighted by Gasteiger charge is 2.27. The molecule has 0 spiro atoms. The lowest BCUT2D eigenvalue weighted by Crippen LogP contribution is -2.30. The normalized spacial score (nSPS) is 15.6. The zero-order chi connectivity index (χ0) is 22.4. The van der Waals surface area contributed by atoms with Crippen molar-refractivity contribution in [3.8, 4) is 5.75 Å². The Hall–Kier alpha value is -2.57. The first-order valence-corrected chi connectivity index (χ1v) is 10.7. The van der Waals surface area contributed by atoms with E-state index in [0.29, 0.717) is 36.1 Å². The molecule has 31 heavy (non-hydrogen) atoms. The summed E-state index contributed by atoms with van der Waals surface area (Å²) in [5.74, 6) is -0.527. The number of likely N-dealkylation sites (tertiary alicyclic amines) is 1. The highest BCUT2D eigenvalue weighted by molar-refractivity contribution is 6.30. The molecule has 5 nitrogen and oxygen atoms in total. The molecule has 0 aromatic heterocycles. The monoisotopic (exact) mass is 464 g/mol. The summed E-state index contributed by atoms with van der Waals surface area (Å²) in [4.78, 5) is 26.3. The highest BCUT2D eigenvalue weighted by Crippen LogP contribution is 2.28. The summed E-state index contributed by atoms with van der Waals surface area (Å²) in [6.45, 7) is 4.87. The van der Waals surface area contributed by atoms with Gasteiger partial charge in [-0.15, -0.1) is 0 Å². The molecule has 1 unspecified atom stereocenters. The average Bonchev–Trinajstić information content (AvgIpc) is 3.24. The zero-order valence-electron chi connectivity index (χ0n) is 16.9. The van der Waals surface area contributed by atoms with E-state index in [1.54, 1.807) is 0 Å². The smallest absolute Gasteiger partial charge is 0.262 e. The quantitative estimate of drug-likeness (QED) is 0.601. The number of amides is 2. The van der Waals surface area contributed by atoms with Crippen molar-refractivity contribution in [1.29, 1.82) is 0 Å². The first-order chi connectivity index (χ1) is 14.8. The zero-order valence-corrected chi connectivity index (χ0v) is 18.4. The van der Waals surface area contributed by atoms with Crippen LogP contribution in [0.25, 0.3) is 0 Å². The molecule has 0 radical (unpaired) electrons. The molecular formula is C23H23Cl2FN2O3. The lowest BCUT2D eigenvalue weighted by atomic mass is 9.99. The fraction of sp³-hybridized carbons (Fsp3) is 0.304. The van der Waals surface area contributed by atoms with Crippen LogP contribution in [-0.2, 0) is 9.59 Å². The molecule has 3 rings (SSSR count). The van der Waals surface area contributed by atoms with Gasteiger partial charge in [-0.1, -0.05) is 41.9 Å². The van der Waals surface area contributed by atoms with Gasteiger partial charge in [-0.3, -0.25) is 9.59 Å². The van der Waals surface area contributed by atoms with E-state index in [1.165, 1.54) is 17.7 Å². The van der Waals surface area contributed by atoms with Gasteiger partial charge in [0.15, 0.2) is 6.61 Å². The standard InChI is InChI=1S/C23H23Cl2FN2O3/c1-15(27-22(29)14-31-19-7-8-20(25)21(26)12-19)2-9-23(30)28-11-10-17(13-28)16-3-5-18(24)6-4-16/h3-8,12,17H,1-2,9-11,13-14H2,(H,27,29). The van der Waals surface area contributed by atoms with Gasteiger partial charge in [-0.2, -0.15) is 0 Å². The predicted molar refractivity (Wildman–Crippen MR) is 119 cm³/mol. The van der Waals surface area contributed by atoms with Gasteiger partial charge in [-0.25, -0.2) is 4.39 Å². The van der Waals surface area contributed by atoms with Crippen molar-refractivity contribution in [3.63, 3.8) is 0 Å². The van der Waals surface area contributed by atoms with Gasteiger partial charge >= 0.3 is 0 Å². The number of rotatable bonds is 8. The SMILES string of the molecule is C=C(CCC(=O)N1CCC(c2ccc(Cl)cc2)C1)NC(=O)COc1ccc(Cl)c(F)c1. The third-order valence-electron chi connectivity index (χ3n) is 5.10. The second-order valence-electron chi connectivity index (χ2n) is 7.39. The molecular weight excluding hydrogens is 442 g/mol. The maximum Gasteiger partial charge on any atom is 0.262 e. The summed E-state index contributed by atoms with van der Waals surface area (Å²) in [5.41, 5.74) is 1.61. The summed E-state index contributed by atoms with van der Waals surface area (Å²) in [5, 5.41) is 3.27. The average molecular weight is 465 g/mol. The van der Waals surface area contributed by atoms with Crippen molar-refractivity contribution >= 4 is 35.0 Å². The third-order valence-corrected chi connectivity index (χ3v) is 5.66. The first-order valence-electron chi connectivity index (χ1n) is 9.90. The van der Waals surface area contributed by atoms with E-state index in [0.717, 1.165) is 12.5 Å². The number of nitrogens with one attached hydrogen (secondary N) is 1. The topological polar surface area (TPSA) is 58.6 Å². The lowest BCUT2D eigenvalue weighted by Gasteiger charge is -2.17. The Balaban J connectivity index is 1.37. The number of hydrogen-bond acceptors (Lipinski definition) is 3. The van der Waals surface area contributed by atoms with Gasteiger partial charge in [0.1, 0.15) is 11.6 Å². The predicted octanol–water partition coefficient (Wildman–Crippen LogP) is 4.94. The van der Waals surface area contributed by atoms with Crippen LogP contribution in [0.2, 0.25) is 10.0 Å². The molecule has 1 atom stereocenters. The van der Waals surface area contributed by atoms with Crippen LogP contribution in [-0.4, -0.2) is 36.4 Å². The van der Waals surface area contributed by atoms with E-state index < -0.39 is 11.7 Å². The van der Waals surface area contributed by atoms with Crippen molar-refractivity contribution in [1.82, 2.24) is 10.2 Å². The number of nitrogens with zero attached hydrogens (tertiary/aromatic N) is 1. The molecule has 1 aliphatic rings. The summed E-state index contributed by atoms with van der Waals surface area (Å²) < 4.78 is 18.6. The van der Waals surface area contributed by atoms with Gasteiger partial charge in [-0.05, 0) is 42.7 Å². The largest absolute Gasteiger partial charge is 0.484 e. The molecule has 1 saturated heterocycles. The highest BCUT2D eigenvalue weighted by atomic mass is 35.5. The third kappa shape index (κ3) is 6.71. The lowest BCUT2D eigenvalue weighted by molar-refractivity contribution is -0.130. The van der Waals surface area contributed by atoms with Crippen LogP contribution in [0.5, 0.6) is 5.75 Å². The maximum atomic E-state index is 13.4. The number of carbonyl (C=O) groups is 2. The van der Waals surface area contributed by atoms with Crippen LogP contribution >= 0.6 is 23.2 Å². The van der Waals surface area contributed by atoms with Crippen molar-refractivity contribution in [2.45, 2.75) is 25.2 Å². The van der Waals surface area contributed by atoms with Crippen LogP contribution in [0.3, 0.4) is 0 Å². The molecule has 0 bridgehead atoms. The van der Waals surface area contributed by atoms with Crippen LogP contribution < -0.4 is 10.1 Å². The molecule has 0 aliphatic carbocycles. The fourth-order valence-electron chi connectivity index (χ4n) is 3.42. The molecule has 2 amide bonds. The van der Waals surface area contributed by atoms with E-state index >= 15 is 0 Å². The minimum Gasteiger partial charge on any atom is -0.484 e. The van der Waals surface area contributed by atoms with Crippen LogP contribution in [0, 0.1) is 5.82 Å². The van der Waals surface area contributed by atoms with Gasteiger partial charge in [0.05, 0.1) is 5.02 Å². The number of carbonyl (C=O) groups excluding carboxylic acids is 2. The number of hydrogen-bond donors (Lipinski definition) is 1. The second kappa shape index (κ2) is 10.6. The van der Waals surface area contributed by atoms with Gasteiger partial charge in [0.2, 0.25) is 5.91 Å². The summed E-state index contributed by atoms with van der Waals surface area (Å²) in [6.07, 6.45) is 1.51. The number of benzene rings is 2. The molecule has 2 aromatic carbocycles. The Morgan fingerprint density at radius 1 is 1.16 bits per heavy atom. The summed E-state index contributed by atoms with van der Waals surface area (Å²) in [6, 6.07) is 11.7. The van der Waals surface area contributed by atoms with Gasteiger partial charge in [0, 0.05) is 42.2 Å². The Bertz CT molecular complexity index is 966. The van der Waals surface area contributed by atoms with Crippen molar-refractivity contribution < 1.29 is 18.7 Å². The van der Waals surface area contributed by atoms with E-state index in [2.05, 4.69) is 11.9 Å². The van der Waals surface area contributed by atoms with Crippen LogP contribution in [0.4, 0.5) is 4.39 Å². The van der Waals surface area contributed by atoms with Crippen molar-refractivity contribution in [2.24, 2.45) is 0 Å². The molecule has 2 aromatic rings. The second-order valence-corrected chi connectivity index (χ2v) is 8.24.